The first kappa shape index (κ1) is 99.7. The average Bonchev–Trinajstić information content (AvgIpc) is 1.61. The van der Waals surface area contributed by atoms with Crippen molar-refractivity contribution < 1.29 is 131 Å². The lowest BCUT2D eigenvalue weighted by Crippen LogP contribution is -2.36. The Morgan fingerprint density at radius 3 is 1.08 bits per heavy atom. The van der Waals surface area contributed by atoms with E-state index in [0.717, 1.165) is 15.4 Å². The molecule has 20 atom stereocenters. The molecule has 119 heavy (non-hydrogen) atoms. The Morgan fingerprint density at radius 2 is 0.748 bits per heavy atom. The predicted octanol–water partition coefficient (Wildman–Crippen LogP) is 0.167. The van der Waals surface area contributed by atoms with E-state index in [4.69, 9.17) is 98.1 Å². The summed E-state index contributed by atoms with van der Waals surface area (Å²) in [6.45, 7) is 26.3. The van der Waals surface area contributed by atoms with Gasteiger partial charge in [-0.05, 0) is 78.8 Å². The molecule has 13 rings (SSSR count). The molecule has 8 aliphatic rings. The molecular formula is C73H110N14O32. The number of carbonyl (C=O) groups is 6. The molecule has 46 nitrogen and oxygen atoms in total. The topological polar surface area (TPSA) is 624 Å². The van der Waals surface area contributed by atoms with Crippen LogP contribution in [0.3, 0.4) is 0 Å². The molecule has 0 aromatic carbocycles. The number of nitrogens with two attached hydrogens (primary N) is 2. The van der Waals surface area contributed by atoms with Crippen LogP contribution in [-0.2, 0) is 95.1 Å². The molecule has 0 bridgehead atoms. The maximum atomic E-state index is 12.2. The molecule has 0 spiro atoms. The number of nitrogen functional groups attached to an aromatic ring is 2. The summed E-state index contributed by atoms with van der Waals surface area (Å²) < 4.78 is 84.8. The molecule has 5 aromatic rings. The summed E-state index contributed by atoms with van der Waals surface area (Å²) in [5, 5.41) is 63.6. The second-order valence-corrected chi connectivity index (χ2v) is 29.0. The summed E-state index contributed by atoms with van der Waals surface area (Å²) >= 11 is 0. The van der Waals surface area contributed by atoms with Crippen LogP contribution in [0, 0.1) is 24.7 Å². The number of carboxylic acid groups (broad SMARTS) is 1. The van der Waals surface area contributed by atoms with Crippen molar-refractivity contribution in [2.45, 2.75) is 265 Å². The Kier molecular flexibility index (Phi) is 36.4. The van der Waals surface area contributed by atoms with Crippen molar-refractivity contribution in [2.75, 3.05) is 42.2 Å². The van der Waals surface area contributed by atoms with Crippen LogP contribution < -0.4 is 50.9 Å². The third kappa shape index (κ3) is 24.9. The lowest BCUT2D eigenvalue weighted by Gasteiger charge is -2.24. The van der Waals surface area contributed by atoms with E-state index in [1.165, 1.54) is 62.8 Å². The van der Waals surface area contributed by atoms with Crippen molar-refractivity contribution in [2.24, 2.45) is 17.8 Å². The van der Waals surface area contributed by atoms with E-state index in [-0.39, 0.29) is 107 Å². The van der Waals surface area contributed by atoms with E-state index in [1.54, 1.807) is 108 Å². The highest BCUT2D eigenvalue weighted by molar-refractivity contribution is 5.72. The maximum absolute atomic E-state index is 12.2. The molecule has 8 fully saturated rings. The number of esters is 3. The number of aryl methyl sites for hydroxylation is 1. The molecule has 0 aliphatic carbocycles. The van der Waals surface area contributed by atoms with Crippen molar-refractivity contribution in [1.82, 2.24) is 47.8 Å². The Bertz CT molecular complexity index is 4500. The molecule has 13 heterocycles. The van der Waals surface area contributed by atoms with Crippen LogP contribution >= 0.6 is 0 Å². The van der Waals surface area contributed by atoms with Crippen LogP contribution in [0.4, 0.5) is 23.3 Å². The molecule has 0 unspecified atom stereocenters. The van der Waals surface area contributed by atoms with Crippen molar-refractivity contribution in [1.29, 1.82) is 0 Å². The first-order valence-electron chi connectivity index (χ1n) is 36.9. The third-order valence-electron chi connectivity index (χ3n) is 18.0. The molecule has 5 aromatic heterocycles. The number of rotatable bonds is 19. The van der Waals surface area contributed by atoms with Crippen LogP contribution in [0.15, 0.2) is 85.3 Å². The fourth-order valence-electron chi connectivity index (χ4n) is 12.6. The van der Waals surface area contributed by atoms with Crippen LogP contribution in [0.1, 0.15) is 155 Å². The van der Waals surface area contributed by atoms with Crippen LogP contribution in [0.5, 0.6) is 0 Å². The van der Waals surface area contributed by atoms with Crippen molar-refractivity contribution in [3.05, 3.63) is 119 Å². The second kappa shape index (κ2) is 43.4. The van der Waals surface area contributed by atoms with E-state index in [9.17, 15) is 68.4 Å². The zero-order valence-corrected chi connectivity index (χ0v) is 66.6. The van der Waals surface area contributed by atoms with Gasteiger partial charge in [0.15, 0.2) is 66.4 Å². The average molecular weight is 1700 g/mol. The summed E-state index contributed by atoms with van der Waals surface area (Å²) in [6.07, 6.45) is -8.12. The largest absolute Gasteiger partial charge is 0.483 e. The summed E-state index contributed by atoms with van der Waals surface area (Å²) in [5.74, 6) is -4.31. The fraction of sp³-hybridized carbons (Fsp3) is 0.644. The zero-order valence-electron chi connectivity index (χ0n) is 66.6. The van der Waals surface area contributed by atoms with Gasteiger partial charge in [-0.1, -0.05) is 70.2 Å². The number of ether oxygens (including phenoxy) is 14. The Hall–Kier alpha value is -9.86. The van der Waals surface area contributed by atoms with Crippen molar-refractivity contribution in [3.8, 4) is 0 Å². The monoisotopic (exact) mass is 1690 g/mol. The molecule has 0 saturated carbocycles. The van der Waals surface area contributed by atoms with E-state index >= 15 is 0 Å². The smallest absolute Gasteiger partial charge is 0.351 e. The van der Waals surface area contributed by atoms with Gasteiger partial charge in [-0.2, -0.15) is 24.9 Å². The number of nitrogens with one attached hydrogen (secondary N) is 2. The number of aliphatic hydroxyl groups excluding tert-OH is 4. The highest BCUT2D eigenvalue weighted by Crippen LogP contribution is 2.46. The number of hydrogen-bond acceptors (Lipinski definition) is 40. The molecule has 664 valence electrons. The van der Waals surface area contributed by atoms with Crippen LogP contribution in [0.25, 0.3) is 0 Å². The molecule has 46 heteroatoms. The highest BCUT2D eigenvalue weighted by atomic mass is 16.8. The van der Waals surface area contributed by atoms with E-state index < -0.39 is 168 Å². The summed E-state index contributed by atoms with van der Waals surface area (Å²) in [4.78, 5) is 143. The summed E-state index contributed by atoms with van der Waals surface area (Å²) in [5.41, 5.74) is 11.9. The summed E-state index contributed by atoms with van der Waals surface area (Å²) in [7, 11) is 0. The van der Waals surface area contributed by atoms with Gasteiger partial charge in [-0.25, -0.2) is 24.0 Å². The SMILES string of the molecule is C.C.CC.CC(C)C(=O)OC[C@H]1O[C@@H](n2ccc(N)nc2=O)[C@@H]2OC(C)(C)O[C@@H]21.CC(C)C(=O)OC[C@H]1O[C@@H](n2ccc(NO)nc2=O)[C@@H]2OC(C)(C)O[C@@H]21.CC(C)C(=O)OC[C@H]1O[C@@H](n2ccc(NO)nc2=O)[C@H](O)[C@@H]1O.Cc1ccn([C@@H]2O[C@H](CC=O)[C@H]3OC(C)(C)O[C@H]32)c(=O)n1.Nc1ccn([C@@H]2O[C@H](C=O)[C@@H](O)[C@H]2O)c(=O)n1.O=CO. The second-order valence-electron chi connectivity index (χ2n) is 29.0. The first-order chi connectivity index (χ1) is 55.1. The first-order valence-corrected chi connectivity index (χ1v) is 36.9. The van der Waals surface area contributed by atoms with Gasteiger partial charge in [0.05, 0.1) is 23.9 Å². The van der Waals surface area contributed by atoms with Crippen molar-refractivity contribution in [3.63, 3.8) is 0 Å². The van der Waals surface area contributed by atoms with Gasteiger partial charge >= 0.3 is 46.4 Å². The van der Waals surface area contributed by atoms with Gasteiger partial charge in [0.2, 0.25) is 0 Å². The van der Waals surface area contributed by atoms with E-state index in [1.807, 2.05) is 19.3 Å². The number of anilines is 4. The minimum atomic E-state index is -1.40. The molecular weight excluding hydrogens is 1580 g/mol. The normalized spacial score (nSPS) is 28.9. The van der Waals surface area contributed by atoms with Gasteiger partial charge in [-0.3, -0.25) is 63.4 Å². The number of aldehydes is 2. The molecule has 0 amide bonds. The Balaban J connectivity index is 0.000000261. The van der Waals surface area contributed by atoms with E-state index in [2.05, 4.69) is 24.9 Å². The number of carbonyl (C=O) groups excluding carboxylic acids is 5. The summed E-state index contributed by atoms with van der Waals surface area (Å²) in [6, 6.07) is 7.29. The van der Waals surface area contributed by atoms with Crippen molar-refractivity contribution >= 4 is 60.2 Å². The fourth-order valence-corrected chi connectivity index (χ4v) is 12.6. The minimum absolute atomic E-state index is 0. The highest BCUT2D eigenvalue weighted by Gasteiger charge is 2.59. The lowest BCUT2D eigenvalue weighted by atomic mass is 10.1. The molecule has 8 saturated heterocycles. The number of nitrogens with zero attached hydrogens (tertiary/aromatic N) is 10. The predicted molar refractivity (Wildman–Crippen MR) is 410 cm³/mol. The van der Waals surface area contributed by atoms with Gasteiger partial charge in [0.1, 0.15) is 123 Å². The number of fused-ring (bicyclic) bond motifs is 3. The maximum Gasteiger partial charge on any atom is 0.351 e. The third-order valence-corrected chi connectivity index (χ3v) is 18.0. The van der Waals surface area contributed by atoms with Gasteiger partial charge in [0, 0.05) is 43.1 Å². The zero-order chi connectivity index (χ0) is 87.0. The Labute approximate surface area is 681 Å². The molecule has 0 radical (unpaired) electrons. The van der Waals surface area contributed by atoms with Gasteiger partial charge < -0.3 is 113 Å². The minimum Gasteiger partial charge on any atom is -0.483 e. The number of aliphatic hydroxyl groups is 4. The quantitative estimate of drug-likeness (QED) is 0.0227. The van der Waals surface area contributed by atoms with Crippen LogP contribution in [-0.4, -0.2) is 249 Å². The number of aromatic nitrogens is 10. The number of hydrogen-bond donors (Lipinski definition) is 11. The van der Waals surface area contributed by atoms with Gasteiger partial charge in [0.25, 0.3) is 6.47 Å². The van der Waals surface area contributed by atoms with Crippen LogP contribution in [0.2, 0.25) is 0 Å². The Morgan fingerprint density at radius 1 is 0.454 bits per heavy atom. The standard InChI is InChI=1S/C16H23N3O7.C16H23N3O6.C14H18N2O5.C13H19N3O7.C9H11N3O5.C2H6.CH2O2.2CH4/c1-8(2)14(20)23-7-9-11-12(26-16(3,4)25-11)13(24-9)19-6-5-10(18-22)17-15(19)21;1-8(2)14(20)22-7-9-11-12(25-16(3,4)24-11)13(23-9)19-6-5-10(17)18-15(19)21;1-8-4-6-16(13(18)15-8)12-11-10(9(19-12)5-7-17)20-14(2,3)21-11;1-6(2)12(19)22-5-7-9(17)10(18)11(23-7)16-4-3-8(15-21)14-13(16)20;10-5-1-2-12(9(16)11-5)8-7(15)6(14)4(3-13)17-8;1-2;2-1-3;;/h5-6,8-9,11-13,22H,7H2,1-4H3,(H,17,18,21);5-6,8-9,11-13H,7H2,1-4H3,(H2,17,18,21);4,6-7,9-12H,5H2,1-3H3;3-4,6-7,9-11,17-18,21H,5H2,1-2H3,(H,14,15,20);1-4,6-8,14-15H,(H2,10,11,16);1-2H3;1H,(H,2,3);2*1H4/t2*9-,11-,12-,13-;9-,10-,11-,12-;7-,9-,10-,11-;4-,6-,7-,8-;;;;/m11111..../s1. The van der Waals surface area contributed by atoms with Gasteiger partial charge in [-0.15, -0.1) is 0 Å². The molecule has 8 aliphatic heterocycles. The van der Waals surface area contributed by atoms with E-state index in [0.29, 0.717) is 12.0 Å². The lowest BCUT2D eigenvalue weighted by molar-refractivity contribution is -0.203. The molecule has 13 N–H and O–H groups in total.